The smallest absolute Gasteiger partial charge is 0.103 e. The van der Waals surface area contributed by atoms with Crippen molar-refractivity contribution in [3.63, 3.8) is 0 Å². The molecule has 0 aromatic heterocycles. The molecule has 0 unspecified atom stereocenters. The summed E-state index contributed by atoms with van der Waals surface area (Å²) >= 11 is 0. The van der Waals surface area contributed by atoms with Crippen LogP contribution in [0.15, 0.2) is 0 Å². The molecule has 1 fully saturated rings. The molecule has 3 heteroatoms. The Morgan fingerprint density at radius 3 is 2.44 bits per heavy atom. The van der Waals surface area contributed by atoms with Gasteiger partial charge in [-0.2, -0.15) is 0 Å². The molecule has 1 saturated heterocycles. The highest BCUT2D eigenvalue weighted by Gasteiger charge is 2.16. The van der Waals surface area contributed by atoms with Crippen LogP contribution in [0.4, 0.5) is 4.39 Å². The van der Waals surface area contributed by atoms with Crippen LogP contribution in [0.2, 0.25) is 0 Å². The van der Waals surface area contributed by atoms with Gasteiger partial charge in [0.25, 0.3) is 0 Å². The third kappa shape index (κ3) is 1.91. The van der Waals surface area contributed by atoms with Crippen molar-refractivity contribution in [2.24, 2.45) is 0 Å². The lowest BCUT2D eigenvalue weighted by atomic mass is 10.1. The van der Waals surface area contributed by atoms with Crippen LogP contribution in [0.3, 0.4) is 0 Å². The van der Waals surface area contributed by atoms with E-state index in [-0.39, 0.29) is 0 Å². The van der Waals surface area contributed by atoms with Crippen LogP contribution < -0.4 is 5.43 Å². The molecule has 2 nitrogen and oxygen atoms in total. The third-order valence-electron chi connectivity index (χ3n) is 1.74. The van der Waals surface area contributed by atoms with Crippen molar-refractivity contribution in [2.45, 2.75) is 19.0 Å². The predicted molar refractivity (Wildman–Crippen MR) is 34.8 cm³/mol. The Morgan fingerprint density at radius 2 is 2.00 bits per heavy atom. The normalized spacial score (nSPS) is 24.7. The molecule has 0 aromatic rings. The minimum atomic E-state index is -0.561. The molecule has 0 spiro atoms. The summed E-state index contributed by atoms with van der Waals surface area (Å²) in [5.74, 6) is 0. The molecule has 54 valence electrons. The average Bonchev–Trinajstić information content (AvgIpc) is 1.90. The quantitative estimate of drug-likeness (QED) is 0.560. The zero-order valence-electron chi connectivity index (χ0n) is 5.73. The molecule has 0 saturated carbocycles. The fraction of sp³-hybridized carbons (Fsp3) is 1.00. The minimum Gasteiger partial charge on any atom is -0.258 e. The first-order chi connectivity index (χ1) is 4.33. The van der Waals surface area contributed by atoms with Crippen molar-refractivity contribution < 1.29 is 4.39 Å². The van der Waals surface area contributed by atoms with Gasteiger partial charge in [0.05, 0.1) is 0 Å². The van der Waals surface area contributed by atoms with Crippen molar-refractivity contribution in [3.05, 3.63) is 0 Å². The summed E-state index contributed by atoms with van der Waals surface area (Å²) in [6.45, 7) is 1.69. The van der Waals surface area contributed by atoms with Gasteiger partial charge in [0.1, 0.15) is 6.17 Å². The lowest BCUT2D eigenvalue weighted by molar-refractivity contribution is 0.115. The molecule has 0 aromatic carbocycles. The van der Waals surface area contributed by atoms with Crippen molar-refractivity contribution in [1.29, 1.82) is 0 Å². The lowest BCUT2D eigenvalue weighted by Crippen LogP contribution is -2.41. The van der Waals surface area contributed by atoms with Gasteiger partial charge in [0.2, 0.25) is 0 Å². The van der Waals surface area contributed by atoms with Crippen LogP contribution in [0.1, 0.15) is 12.8 Å². The number of nitrogens with one attached hydrogen (secondary N) is 1. The topological polar surface area (TPSA) is 15.3 Å². The summed E-state index contributed by atoms with van der Waals surface area (Å²) in [7, 11) is 1.87. The van der Waals surface area contributed by atoms with Crippen LogP contribution in [0.25, 0.3) is 0 Å². The molecule has 0 radical (unpaired) electrons. The van der Waals surface area contributed by atoms with Crippen molar-refractivity contribution in [2.75, 3.05) is 20.1 Å². The van der Waals surface area contributed by atoms with Crippen LogP contribution in [0.5, 0.6) is 0 Å². The number of piperidine rings is 1. The fourth-order valence-electron chi connectivity index (χ4n) is 1.07. The first kappa shape index (κ1) is 6.96. The highest BCUT2D eigenvalue weighted by molar-refractivity contribution is 4.67. The van der Waals surface area contributed by atoms with E-state index in [4.69, 9.17) is 0 Å². The van der Waals surface area contributed by atoms with E-state index in [0.29, 0.717) is 12.8 Å². The first-order valence-electron chi connectivity index (χ1n) is 3.39. The summed E-state index contributed by atoms with van der Waals surface area (Å²) in [6, 6.07) is 0. The zero-order chi connectivity index (χ0) is 6.69. The number of hydrogen-bond acceptors (Lipinski definition) is 2. The summed E-state index contributed by atoms with van der Waals surface area (Å²) in [6.07, 6.45) is 0.802. The number of alkyl halides is 1. The van der Waals surface area contributed by atoms with Gasteiger partial charge in [0.15, 0.2) is 0 Å². The Hall–Kier alpha value is -0.150. The second kappa shape index (κ2) is 3.13. The molecule has 1 rings (SSSR count). The van der Waals surface area contributed by atoms with Crippen LogP contribution >= 0.6 is 0 Å². The van der Waals surface area contributed by atoms with E-state index in [0.717, 1.165) is 13.1 Å². The second-order valence-electron chi connectivity index (χ2n) is 2.39. The Kier molecular flexibility index (Phi) is 2.42. The van der Waals surface area contributed by atoms with Crippen molar-refractivity contribution in [3.8, 4) is 0 Å². The van der Waals surface area contributed by atoms with E-state index < -0.39 is 6.17 Å². The number of nitrogens with zero attached hydrogens (tertiary/aromatic N) is 1. The first-order valence-corrected chi connectivity index (χ1v) is 3.39. The molecule has 1 aliphatic heterocycles. The molecule has 9 heavy (non-hydrogen) atoms. The van der Waals surface area contributed by atoms with E-state index in [1.54, 1.807) is 0 Å². The Labute approximate surface area is 55.0 Å². The fourth-order valence-corrected chi connectivity index (χ4v) is 1.07. The van der Waals surface area contributed by atoms with Crippen molar-refractivity contribution in [1.82, 2.24) is 10.4 Å². The molecule has 1 N–H and O–H groups in total. The van der Waals surface area contributed by atoms with Gasteiger partial charge >= 0.3 is 0 Å². The monoisotopic (exact) mass is 132 g/mol. The van der Waals surface area contributed by atoms with Crippen LogP contribution in [0, 0.1) is 0 Å². The van der Waals surface area contributed by atoms with E-state index in [1.807, 2.05) is 12.1 Å². The molecule has 1 heterocycles. The Morgan fingerprint density at radius 1 is 1.44 bits per heavy atom. The van der Waals surface area contributed by atoms with Gasteiger partial charge in [-0.1, -0.05) is 0 Å². The predicted octanol–water partition coefficient (Wildman–Crippen LogP) is 0.555. The molecular weight excluding hydrogens is 119 g/mol. The molecule has 1 aliphatic rings. The molecular formula is C6H13FN2. The Bertz CT molecular complexity index is 79.1. The molecule has 0 atom stereocenters. The lowest BCUT2D eigenvalue weighted by Gasteiger charge is -2.27. The zero-order valence-corrected chi connectivity index (χ0v) is 5.73. The maximum Gasteiger partial charge on any atom is 0.103 e. The van der Waals surface area contributed by atoms with E-state index in [1.165, 1.54) is 0 Å². The number of hydrazine groups is 1. The summed E-state index contributed by atoms with van der Waals surface area (Å²) in [5.41, 5.74) is 2.99. The highest BCUT2D eigenvalue weighted by Crippen LogP contribution is 2.10. The minimum absolute atomic E-state index is 0.561. The van der Waals surface area contributed by atoms with E-state index in [9.17, 15) is 4.39 Å². The summed E-state index contributed by atoms with van der Waals surface area (Å²) in [5, 5.41) is 2.04. The van der Waals surface area contributed by atoms with Gasteiger partial charge in [-0.15, -0.1) is 0 Å². The molecule has 0 aliphatic carbocycles. The molecule has 0 amide bonds. The van der Waals surface area contributed by atoms with E-state index in [2.05, 4.69) is 5.43 Å². The number of hydrogen-bond donors (Lipinski definition) is 1. The largest absolute Gasteiger partial charge is 0.258 e. The standard InChI is InChI=1S/C6H13FN2/c1-8-9-4-2-6(7)3-5-9/h6,8H,2-5H2,1H3. The van der Waals surface area contributed by atoms with Gasteiger partial charge in [0, 0.05) is 13.1 Å². The number of rotatable bonds is 1. The van der Waals surface area contributed by atoms with Crippen LogP contribution in [-0.2, 0) is 0 Å². The van der Waals surface area contributed by atoms with Gasteiger partial charge in [-0.05, 0) is 19.9 Å². The van der Waals surface area contributed by atoms with Gasteiger partial charge in [-0.25, -0.2) is 9.40 Å². The average molecular weight is 132 g/mol. The SMILES string of the molecule is CNN1CCC(F)CC1. The second-order valence-corrected chi connectivity index (χ2v) is 2.39. The maximum absolute atomic E-state index is 12.4. The third-order valence-corrected chi connectivity index (χ3v) is 1.74. The van der Waals surface area contributed by atoms with Crippen LogP contribution in [-0.4, -0.2) is 31.3 Å². The van der Waals surface area contributed by atoms with Gasteiger partial charge in [-0.3, -0.25) is 5.43 Å². The maximum atomic E-state index is 12.4. The summed E-state index contributed by atoms with van der Waals surface area (Å²) < 4.78 is 12.4. The number of halogens is 1. The summed E-state index contributed by atoms with van der Waals surface area (Å²) in [4.78, 5) is 0. The van der Waals surface area contributed by atoms with Gasteiger partial charge < -0.3 is 0 Å². The highest BCUT2D eigenvalue weighted by atomic mass is 19.1. The Balaban J connectivity index is 2.18. The molecule has 0 bridgehead atoms. The van der Waals surface area contributed by atoms with Crippen molar-refractivity contribution >= 4 is 0 Å². The van der Waals surface area contributed by atoms with E-state index >= 15 is 0 Å².